The molecule has 1 aromatic carbocycles. The van der Waals surface area contributed by atoms with Crippen molar-refractivity contribution in [2.24, 2.45) is 0 Å². The van der Waals surface area contributed by atoms with Crippen molar-refractivity contribution in [3.8, 4) is 0 Å². The minimum atomic E-state index is -0.255. The second-order valence-electron chi connectivity index (χ2n) is 4.95. The van der Waals surface area contributed by atoms with Crippen LogP contribution in [0.25, 0.3) is 0 Å². The monoisotopic (exact) mass is 217 g/mol. The van der Waals surface area contributed by atoms with Crippen LogP contribution in [0.15, 0.2) is 30.3 Å². The molecule has 1 aromatic rings. The Balaban J connectivity index is 1.94. The van der Waals surface area contributed by atoms with Gasteiger partial charge in [0.1, 0.15) is 0 Å². The van der Waals surface area contributed by atoms with E-state index >= 15 is 0 Å². The van der Waals surface area contributed by atoms with Crippen molar-refractivity contribution in [2.45, 2.75) is 32.2 Å². The van der Waals surface area contributed by atoms with Crippen molar-refractivity contribution in [3.63, 3.8) is 0 Å². The maximum atomic E-state index is 11.7. The number of carbonyl (C=O) groups is 1. The molecule has 2 rings (SSSR count). The van der Waals surface area contributed by atoms with E-state index in [1.807, 2.05) is 19.9 Å². The summed E-state index contributed by atoms with van der Waals surface area (Å²) in [6.45, 7) is 5.96. The highest BCUT2D eigenvalue weighted by atomic mass is 16.1. The second kappa shape index (κ2) is 4.38. The van der Waals surface area contributed by atoms with E-state index in [1.54, 1.807) is 0 Å². The van der Waals surface area contributed by atoms with Crippen LogP contribution in [0.3, 0.4) is 0 Å². The van der Waals surface area contributed by atoms with Crippen LogP contribution in [0.5, 0.6) is 0 Å². The Labute approximate surface area is 97.3 Å². The van der Waals surface area contributed by atoms with Gasteiger partial charge >= 0.3 is 0 Å². The van der Waals surface area contributed by atoms with Crippen molar-refractivity contribution in [1.29, 1.82) is 0 Å². The predicted octanol–water partition coefficient (Wildman–Crippen LogP) is 2.28. The summed E-state index contributed by atoms with van der Waals surface area (Å²) < 4.78 is 0. The third kappa shape index (κ3) is 2.17. The minimum Gasteiger partial charge on any atom is -0.298 e. The molecule has 0 aliphatic carbocycles. The molecule has 1 saturated heterocycles. The molecular formula is C14H19NO. The van der Waals surface area contributed by atoms with Gasteiger partial charge in [-0.2, -0.15) is 0 Å². The highest BCUT2D eigenvalue weighted by Gasteiger charge is 2.39. The molecule has 0 unspecified atom stereocenters. The topological polar surface area (TPSA) is 20.3 Å². The van der Waals surface area contributed by atoms with Crippen LogP contribution in [0.2, 0.25) is 0 Å². The van der Waals surface area contributed by atoms with E-state index in [0.717, 1.165) is 19.5 Å². The van der Waals surface area contributed by atoms with Crippen LogP contribution in [-0.2, 0) is 11.2 Å². The Hall–Kier alpha value is -1.15. The number of benzene rings is 1. The van der Waals surface area contributed by atoms with Gasteiger partial charge in [-0.3, -0.25) is 9.69 Å². The summed E-state index contributed by atoms with van der Waals surface area (Å²) in [5, 5.41) is 0. The third-order valence-electron chi connectivity index (χ3n) is 3.59. The summed E-state index contributed by atoms with van der Waals surface area (Å²) in [6.07, 6.45) is 1.74. The third-order valence-corrected chi connectivity index (χ3v) is 3.59. The maximum absolute atomic E-state index is 11.7. The van der Waals surface area contributed by atoms with Crippen molar-refractivity contribution in [2.75, 3.05) is 13.1 Å². The van der Waals surface area contributed by atoms with Gasteiger partial charge in [0.25, 0.3) is 0 Å². The second-order valence-corrected chi connectivity index (χ2v) is 4.95. The summed E-state index contributed by atoms with van der Waals surface area (Å²) in [4.78, 5) is 14.0. The molecule has 0 N–H and O–H groups in total. The first-order valence-electron chi connectivity index (χ1n) is 5.93. The molecule has 1 aliphatic rings. The van der Waals surface area contributed by atoms with Gasteiger partial charge in [-0.1, -0.05) is 30.3 Å². The van der Waals surface area contributed by atoms with Gasteiger partial charge in [-0.15, -0.1) is 0 Å². The van der Waals surface area contributed by atoms with Gasteiger partial charge in [-0.05, 0) is 25.8 Å². The van der Waals surface area contributed by atoms with E-state index in [9.17, 15) is 4.79 Å². The molecule has 0 saturated carbocycles. The van der Waals surface area contributed by atoms with E-state index in [-0.39, 0.29) is 5.54 Å². The Kier molecular flexibility index (Phi) is 3.10. The molecule has 0 spiro atoms. The fourth-order valence-electron chi connectivity index (χ4n) is 2.30. The number of ketones is 1. The zero-order chi connectivity index (χ0) is 11.6. The molecule has 86 valence electrons. The van der Waals surface area contributed by atoms with Crippen molar-refractivity contribution < 1.29 is 4.79 Å². The molecular weight excluding hydrogens is 198 g/mol. The maximum Gasteiger partial charge on any atom is 0.153 e. The van der Waals surface area contributed by atoms with Crippen molar-refractivity contribution in [3.05, 3.63) is 35.9 Å². The summed E-state index contributed by atoms with van der Waals surface area (Å²) in [5.41, 5.74) is 1.09. The largest absolute Gasteiger partial charge is 0.298 e. The molecule has 0 aromatic heterocycles. The van der Waals surface area contributed by atoms with Gasteiger partial charge in [0.15, 0.2) is 5.78 Å². The molecule has 2 heteroatoms. The summed E-state index contributed by atoms with van der Waals surface area (Å²) >= 11 is 0. The van der Waals surface area contributed by atoms with Crippen LogP contribution in [0, 0.1) is 0 Å². The van der Waals surface area contributed by atoms with Gasteiger partial charge in [-0.25, -0.2) is 0 Å². The van der Waals surface area contributed by atoms with Gasteiger partial charge in [0.05, 0.1) is 5.54 Å². The number of hydrogen-bond donors (Lipinski definition) is 0. The normalized spacial score (nSPS) is 20.2. The number of likely N-dealkylation sites (tertiary alicyclic amines) is 1. The first-order valence-corrected chi connectivity index (χ1v) is 5.93. The molecule has 0 radical (unpaired) electrons. The Morgan fingerprint density at radius 3 is 2.50 bits per heavy atom. The number of carbonyl (C=O) groups excluding carboxylic acids is 1. The quantitative estimate of drug-likeness (QED) is 0.774. The molecule has 0 bridgehead atoms. The molecule has 1 fully saturated rings. The zero-order valence-corrected chi connectivity index (χ0v) is 10.1. The average molecular weight is 217 g/mol. The smallest absolute Gasteiger partial charge is 0.153 e. The van der Waals surface area contributed by atoms with Crippen LogP contribution in [-0.4, -0.2) is 29.3 Å². The summed E-state index contributed by atoms with van der Waals surface area (Å²) in [7, 11) is 0. The van der Waals surface area contributed by atoms with Gasteiger partial charge in [0, 0.05) is 19.5 Å². The van der Waals surface area contributed by atoms with Crippen LogP contribution in [0.1, 0.15) is 25.8 Å². The van der Waals surface area contributed by atoms with Gasteiger partial charge in [0.2, 0.25) is 0 Å². The van der Waals surface area contributed by atoms with E-state index in [4.69, 9.17) is 0 Å². The number of Topliss-reactive ketones (excluding diaryl/α,β-unsaturated/α-hetero) is 1. The Bertz CT molecular complexity index is 370. The van der Waals surface area contributed by atoms with Crippen molar-refractivity contribution in [1.82, 2.24) is 4.90 Å². The van der Waals surface area contributed by atoms with E-state index in [0.29, 0.717) is 12.2 Å². The molecule has 16 heavy (non-hydrogen) atoms. The number of hydrogen-bond acceptors (Lipinski definition) is 2. The standard InChI is InChI=1S/C14H19NO/c1-14(2)13(16)9-11-15(14)10-8-12-6-4-3-5-7-12/h3-7H,8-11H2,1-2H3. The first kappa shape index (κ1) is 11.3. The average Bonchev–Trinajstić information content (AvgIpc) is 2.53. The van der Waals surface area contributed by atoms with E-state index in [1.165, 1.54) is 5.56 Å². The van der Waals surface area contributed by atoms with Crippen LogP contribution in [0.4, 0.5) is 0 Å². The number of nitrogens with zero attached hydrogens (tertiary/aromatic N) is 1. The SMILES string of the molecule is CC1(C)C(=O)CCN1CCc1ccccc1. The van der Waals surface area contributed by atoms with E-state index in [2.05, 4.69) is 29.2 Å². The summed E-state index contributed by atoms with van der Waals surface area (Å²) in [6, 6.07) is 10.5. The predicted molar refractivity (Wildman–Crippen MR) is 65.4 cm³/mol. The minimum absolute atomic E-state index is 0.255. The van der Waals surface area contributed by atoms with Crippen LogP contribution < -0.4 is 0 Å². The highest BCUT2D eigenvalue weighted by Crippen LogP contribution is 2.24. The molecule has 0 atom stereocenters. The number of rotatable bonds is 3. The lowest BCUT2D eigenvalue weighted by Gasteiger charge is -2.29. The first-order chi connectivity index (χ1) is 7.60. The highest BCUT2D eigenvalue weighted by molar-refractivity contribution is 5.89. The molecule has 1 aliphatic heterocycles. The van der Waals surface area contributed by atoms with Crippen molar-refractivity contribution >= 4 is 5.78 Å². The van der Waals surface area contributed by atoms with Gasteiger partial charge < -0.3 is 0 Å². The molecule has 1 heterocycles. The lowest BCUT2D eigenvalue weighted by atomic mass is 10.00. The molecule has 0 amide bonds. The lowest BCUT2D eigenvalue weighted by molar-refractivity contribution is -0.123. The fraction of sp³-hybridized carbons (Fsp3) is 0.500. The molecule has 2 nitrogen and oxygen atoms in total. The summed E-state index contributed by atoms with van der Waals surface area (Å²) in [5.74, 6) is 0.376. The Morgan fingerprint density at radius 1 is 1.25 bits per heavy atom. The Morgan fingerprint density at radius 2 is 1.94 bits per heavy atom. The van der Waals surface area contributed by atoms with E-state index < -0.39 is 0 Å². The zero-order valence-electron chi connectivity index (χ0n) is 10.1. The lowest BCUT2D eigenvalue weighted by Crippen LogP contribution is -2.43. The van der Waals surface area contributed by atoms with Crippen LogP contribution >= 0.6 is 0 Å². The fourth-order valence-corrected chi connectivity index (χ4v) is 2.30.